The average Bonchev–Trinajstić information content (AvgIpc) is 2.38. The summed E-state index contributed by atoms with van der Waals surface area (Å²) >= 11 is 5.50. The SMILES string of the molecule is CC(CCCl)CCOc1c(F)c(F)c(F)c(F)c1F. The highest BCUT2D eigenvalue weighted by atomic mass is 35.5. The number of halogens is 6. The van der Waals surface area contributed by atoms with E-state index in [1.54, 1.807) is 0 Å². The van der Waals surface area contributed by atoms with Crippen molar-refractivity contribution in [3.63, 3.8) is 0 Å². The Balaban J connectivity index is 2.79. The maximum atomic E-state index is 13.2. The van der Waals surface area contributed by atoms with E-state index < -0.39 is 34.8 Å². The van der Waals surface area contributed by atoms with Gasteiger partial charge in [-0.15, -0.1) is 11.6 Å². The predicted molar refractivity (Wildman–Crippen MR) is 60.8 cm³/mol. The summed E-state index contributed by atoms with van der Waals surface area (Å²) in [4.78, 5) is 0. The van der Waals surface area contributed by atoms with Crippen LogP contribution in [0.2, 0.25) is 0 Å². The first kappa shape index (κ1) is 16.0. The van der Waals surface area contributed by atoms with Crippen LogP contribution in [0.3, 0.4) is 0 Å². The molecule has 0 spiro atoms. The molecular formula is C12H12ClF5O. The van der Waals surface area contributed by atoms with Crippen LogP contribution >= 0.6 is 11.6 Å². The van der Waals surface area contributed by atoms with E-state index in [-0.39, 0.29) is 12.5 Å². The fourth-order valence-electron chi connectivity index (χ4n) is 1.40. The molecule has 1 unspecified atom stereocenters. The summed E-state index contributed by atoms with van der Waals surface area (Å²) in [5.41, 5.74) is 0. The van der Waals surface area contributed by atoms with Gasteiger partial charge in [-0.05, 0) is 18.8 Å². The van der Waals surface area contributed by atoms with Crippen LogP contribution in [0.25, 0.3) is 0 Å². The molecule has 0 amide bonds. The summed E-state index contributed by atoms with van der Waals surface area (Å²) in [5, 5.41) is 0. The van der Waals surface area contributed by atoms with Crippen LogP contribution in [0.5, 0.6) is 5.75 Å². The van der Waals surface area contributed by atoms with Gasteiger partial charge in [0.15, 0.2) is 5.75 Å². The highest BCUT2D eigenvalue weighted by molar-refractivity contribution is 6.17. The van der Waals surface area contributed by atoms with Gasteiger partial charge in [-0.25, -0.2) is 13.2 Å². The second kappa shape index (κ2) is 6.93. The lowest BCUT2D eigenvalue weighted by Crippen LogP contribution is -2.10. The Morgan fingerprint density at radius 1 is 0.895 bits per heavy atom. The second-order valence-corrected chi connectivity index (χ2v) is 4.50. The largest absolute Gasteiger partial charge is 0.487 e. The molecule has 19 heavy (non-hydrogen) atoms. The molecule has 0 aliphatic carbocycles. The first-order valence-corrected chi connectivity index (χ1v) is 6.13. The summed E-state index contributed by atoms with van der Waals surface area (Å²) in [6, 6.07) is 0. The Bertz CT molecular complexity index is 423. The van der Waals surface area contributed by atoms with Crippen LogP contribution in [0.15, 0.2) is 0 Å². The van der Waals surface area contributed by atoms with Gasteiger partial charge in [0.05, 0.1) is 6.61 Å². The zero-order chi connectivity index (χ0) is 14.6. The van der Waals surface area contributed by atoms with E-state index in [0.717, 1.165) is 0 Å². The fraction of sp³-hybridized carbons (Fsp3) is 0.500. The van der Waals surface area contributed by atoms with Gasteiger partial charge in [-0.3, -0.25) is 0 Å². The van der Waals surface area contributed by atoms with Crippen molar-refractivity contribution in [1.29, 1.82) is 0 Å². The molecule has 0 saturated carbocycles. The molecule has 0 fully saturated rings. The quantitative estimate of drug-likeness (QED) is 0.327. The molecule has 7 heteroatoms. The van der Waals surface area contributed by atoms with E-state index in [1.807, 2.05) is 6.92 Å². The standard InChI is InChI=1S/C12H12ClF5O/c1-6(2-4-13)3-5-19-12-10(17)8(15)7(14)9(16)11(12)18/h6H,2-5H2,1H3. The van der Waals surface area contributed by atoms with Gasteiger partial charge in [0.1, 0.15) is 0 Å². The maximum Gasteiger partial charge on any atom is 0.206 e. The molecule has 1 nitrogen and oxygen atoms in total. The van der Waals surface area contributed by atoms with Gasteiger partial charge in [0.2, 0.25) is 29.1 Å². The molecule has 0 bridgehead atoms. The number of benzene rings is 1. The monoisotopic (exact) mass is 302 g/mol. The van der Waals surface area contributed by atoms with Gasteiger partial charge in [0, 0.05) is 5.88 Å². The van der Waals surface area contributed by atoms with Gasteiger partial charge >= 0.3 is 0 Å². The Morgan fingerprint density at radius 3 is 1.84 bits per heavy atom. The molecule has 1 aromatic carbocycles. The fourth-order valence-corrected chi connectivity index (χ4v) is 1.78. The number of rotatable bonds is 6. The molecule has 0 saturated heterocycles. The molecule has 1 aromatic rings. The number of alkyl halides is 1. The summed E-state index contributed by atoms with van der Waals surface area (Å²) < 4.78 is 69.5. The first-order valence-electron chi connectivity index (χ1n) is 5.60. The van der Waals surface area contributed by atoms with Crippen molar-refractivity contribution in [3.05, 3.63) is 29.1 Å². The minimum Gasteiger partial charge on any atom is -0.487 e. The lowest BCUT2D eigenvalue weighted by atomic mass is 10.1. The van der Waals surface area contributed by atoms with Crippen molar-refractivity contribution in [1.82, 2.24) is 0 Å². The number of hydrogen-bond acceptors (Lipinski definition) is 1. The van der Waals surface area contributed by atoms with Crippen molar-refractivity contribution in [2.45, 2.75) is 19.8 Å². The smallest absolute Gasteiger partial charge is 0.206 e. The minimum absolute atomic E-state index is 0.124. The molecule has 0 radical (unpaired) electrons. The van der Waals surface area contributed by atoms with Crippen LogP contribution in [-0.4, -0.2) is 12.5 Å². The zero-order valence-electron chi connectivity index (χ0n) is 10.1. The third-order valence-electron chi connectivity index (χ3n) is 2.63. The van der Waals surface area contributed by atoms with Gasteiger partial charge in [-0.2, -0.15) is 8.78 Å². The molecule has 0 aliphatic rings. The van der Waals surface area contributed by atoms with Crippen LogP contribution in [0, 0.1) is 35.0 Å². The number of hydrogen-bond donors (Lipinski definition) is 0. The van der Waals surface area contributed by atoms with Gasteiger partial charge < -0.3 is 4.74 Å². The Labute approximate surface area is 112 Å². The van der Waals surface area contributed by atoms with Crippen molar-refractivity contribution in [2.75, 3.05) is 12.5 Å². The average molecular weight is 303 g/mol. The maximum absolute atomic E-state index is 13.2. The van der Waals surface area contributed by atoms with E-state index in [1.165, 1.54) is 0 Å². The normalized spacial score (nSPS) is 12.6. The van der Waals surface area contributed by atoms with Crippen molar-refractivity contribution in [3.8, 4) is 5.75 Å². The minimum atomic E-state index is -2.20. The molecule has 108 valence electrons. The third kappa shape index (κ3) is 3.72. The predicted octanol–water partition coefficient (Wildman–Crippen LogP) is 4.42. The molecule has 0 aliphatic heterocycles. The summed E-state index contributed by atoms with van der Waals surface area (Å²) in [5.74, 6) is -10.8. The molecule has 1 rings (SSSR count). The lowest BCUT2D eigenvalue weighted by Gasteiger charge is -2.12. The highest BCUT2D eigenvalue weighted by Crippen LogP contribution is 2.29. The molecule has 1 atom stereocenters. The van der Waals surface area contributed by atoms with Crippen molar-refractivity contribution < 1.29 is 26.7 Å². The summed E-state index contributed by atoms with van der Waals surface area (Å²) in [6.45, 7) is 1.68. The molecule has 0 aromatic heterocycles. The van der Waals surface area contributed by atoms with Gasteiger partial charge in [0.25, 0.3) is 0 Å². The van der Waals surface area contributed by atoms with Crippen LogP contribution < -0.4 is 4.74 Å². The Hall–Kier alpha value is -1.04. The van der Waals surface area contributed by atoms with E-state index >= 15 is 0 Å². The van der Waals surface area contributed by atoms with E-state index in [4.69, 9.17) is 11.6 Å². The summed E-state index contributed by atoms with van der Waals surface area (Å²) in [6.07, 6.45) is 1.06. The zero-order valence-corrected chi connectivity index (χ0v) is 10.8. The molecular weight excluding hydrogens is 291 g/mol. The summed E-state index contributed by atoms with van der Waals surface area (Å²) in [7, 11) is 0. The highest BCUT2D eigenvalue weighted by Gasteiger charge is 2.26. The van der Waals surface area contributed by atoms with E-state index in [0.29, 0.717) is 18.7 Å². The van der Waals surface area contributed by atoms with Crippen molar-refractivity contribution in [2.24, 2.45) is 5.92 Å². The van der Waals surface area contributed by atoms with Crippen LogP contribution in [-0.2, 0) is 0 Å². The van der Waals surface area contributed by atoms with E-state index in [2.05, 4.69) is 4.74 Å². The Kier molecular flexibility index (Phi) is 5.85. The first-order chi connectivity index (χ1) is 8.90. The molecule has 0 heterocycles. The van der Waals surface area contributed by atoms with Crippen LogP contribution in [0.4, 0.5) is 22.0 Å². The van der Waals surface area contributed by atoms with Crippen molar-refractivity contribution >= 4 is 11.6 Å². The van der Waals surface area contributed by atoms with E-state index in [9.17, 15) is 22.0 Å². The van der Waals surface area contributed by atoms with Crippen LogP contribution in [0.1, 0.15) is 19.8 Å². The lowest BCUT2D eigenvalue weighted by molar-refractivity contribution is 0.242. The second-order valence-electron chi connectivity index (χ2n) is 4.12. The molecule has 0 N–H and O–H groups in total. The topological polar surface area (TPSA) is 9.23 Å². The Morgan fingerprint density at radius 2 is 1.37 bits per heavy atom. The van der Waals surface area contributed by atoms with Gasteiger partial charge in [-0.1, -0.05) is 6.92 Å². The number of ether oxygens (including phenoxy) is 1. The third-order valence-corrected chi connectivity index (χ3v) is 2.85.